The molecule has 0 bridgehead atoms. The number of aromatic nitrogens is 2. The van der Waals surface area contributed by atoms with Crippen LogP contribution in [-0.2, 0) is 24.3 Å². The van der Waals surface area contributed by atoms with Gasteiger partial charge in [0.05, 0.1) is 0 Å². The maximum Gasteiger partial charge on any atom is 0.331 e. The molecule has 7 nitrogen and oxygen atoms in total. The average molecular weight is 326 g/mol. The number of aryl methyl sites for hydroxylation is 2. The van der Waals surface area contributed by atoms with Crippen LogP contribution >= 0.6 is 0 Å². The highest BCUT2D eigenvalue weighted by Gasteiger charge is 2.14. The molecule has 124 valence electrons. The summed E-state index contributed by atoms with van der Waals surface area (Å²) in [5, 5.41) is 11.7. The van der Waals surface area contributed by atoms with Crippen molar-refractivity contribution in [2.75, 3.05) is 5.32 Å². The number of hydrogen-bond acceptors (Lipinski definition) is 4. The predicted molar refractivity (Wildman–Crippen MR) is 89.8 cm³/mol. The number of carbonyl (C=O) groups excluding carboxylic acids is 1. The second kappa shape index (κ2) is 7.42. The highest BCUT2D eigenvalue weighted by atomic mass is 16.2. The molecule has 1 amide bonds. The van der Waals surface area contributed by atoms with Crippen LogP contribution in [-0.4, -0.2) is 15.0 Å². The lowest BCUT2D eigenvalue weighted by Crippen LogP contribution is -2.43. The fourth-order valence-electron chi connectivity index (χ4n) is 2.31. The van der Waals surface area contributed by atoms with Crippen LogP contribution in [0, 0.1) is 11.3 Å². The molecule has 0 radical (unpaired) electrons. The zero-order valence-electron chi connectivity index (χ0n) is 13.6. The first-order valence-corrected chi connectivity index (χ1v) is 7.63. The topological polar surface area (TPSA) is 96.9 Å². The third kappa shape index (κ3) is 3.60. The van der Waals surface area contributed by atoms with E-state index < -0.39 is 23.7 Å². The maximum atomic E-state index is 12.2. The van der Waals surface area contributed by atoms with E-state index in [0.717, 1.165) is 16.6 Å². The van der Waals surface area contributed by atoms with E-state index in [2.05, 4.69) is 5.32 Å². The SMILES string of the molecule is CCc1cccc(NC(=O)Cn2c(=O)c(C#N)cn(CC)c2=O)c1. The molecule has 1 N–H and O–H groups in total. The maximum absolute atomic E-state index is 12.2. The fourth-order valence-corrected chi connectivity index (χ4v) is 2.31. The van der Waals surface area contributed by atoms with E-state index in [-0.39, 0.29) is 5.56 Å². The number of nitriles is 1. The van der Waals surface area contributed by atoms with E-state index in [1.165, 1.54) is 10.8 Å². The van der Waals surface area contributed by atoms with Crippen LogP contribution in [0.1, 0.15) is 25.0 Å². The molecule has 24 heavy (non-hydrogen) atoms. The molecule has 2 rings (SSSR count). The summed E-state index contributed by atoms with van der Waals surface area (Å²) in [6.07, 6.45) is 2.04. The molecule has 1 aromatic carbocycles. The minimum atomic E-state index is -0.760. The van der Waals surface area contributed by atoms with Crippen molar-refractivity contribution in [2.24, 2.45) is 0 Å². The van der Waals surface area contributed by atoms with Crippen molar-refractivity contribution in [3.05, 3.63) is 62.4 Å². The van der Waals surface area contributed by atoms with Gasteiger partial charge in [0.2, 0.25) is 5.91 Å². The lowest BCUT2D eigenvalue weighted by atomic mass is 10.1. The van der Waals surface area contributed by atoms with Gasteiger partial charge in [0, 0.05) is 18.4 Å². The highest BCUT2D eigenvalue weighted by Crippen LogP contribution is 2.10. The molecule has 0 saturated heterocycles. The lowest BCUT2D eigenvalue weighted by Gasteiger charge is -2.10. The quantitative estimate of drug-likeness (QED) is 0.890. The van der Waals surface area contributed by atoms with Gasteiger partial charge in [-0.05, 0) is 31.0 Å². The van der Waals surface area contributed by atoms with Crippen LogP contribution in [0.2, 0.25) is 0 Å². The van der Waals surface area contributed by atoms with Crippen LogP contribution in [0.3, 0.4) is 0 Å². The average Bonchev–Trinajstić information content (AvgIpc) is 2.59. The second-order valence-corrected chi connectivity index (χ2v) is 5.22. The van der Waals surface area contributed by atoms with E-state index >= 15 is 0 Å². The van der Waals surface area contributed by atoms with E-state index in [9.17, 15) is 14.4 Å². The zero-order chi connectivity index (χ0) is 17.7. The molecule has 0 atom stereocenters. The van der Waals surface area contributed by atoms with Gasteiger partial charge in [0.25, 0.3) is 5.56 Å². The van der Waals surface area contributed by atoms with Gasteiger partial charge in [-0.25, -0.2) is 9.36 Å². The summed E-state index contributed by atoms with van der Waals surface area (Å²) in [4.78, 5) is 36.5. The van der Waals surface area contributed by atoms with Crippen molar-refractivity contribution in [2.45, 2.75) is 33.4 Å². The Bertz CT molecular complexity index is 919. The monoisotopic (exact) mass is 326 g/mol. The molecular weight excluding hydrogens is 308 g/mol. The van der Waals surface area contributed by atoms with E-state index in [0.29, 0.717) is 12.2 Å². The van der Waals surface area contributed by atoms with E-state index in [1.54, 1.807) is 19.1 Å². The smallest absolute Gasteiger partial charge is 0.325 e. The molecule has 0 aliphatic rings. The Hall–Kier alpha value is -3.14. The third-order valence-corrected chi connectivity index (χ3v) is 3.62. The Morgan fingerprint density at radius 1 is 1.29 bits per heavy atom. The number of hydrogen-bond donors (Lipinski definition) is 1. The summed E-state index contributed by atoms with van der Waals surface area (Å²) in [5.74, 6) is -0.500. The van der Waals surface area contributed by atoms with Gasteiger partial charge >= 0.3 is 5.69 Å². The molecule has 0 aliphatic heterocycles. The van der Waals surface area contributed by atoms with Gasteiger partial charge in [0.15, 0.2) is 0 Å². The number of nitrogens with one attached hydrogen (secondary N) is 1. The summed E-state index contributed by atoms with van der Waals surface area (Å²) in [6, 6.07) is 9.07. The Balaban J connectivity index is 2.30. The first-order chi connectivity index (χ1) is 11.5. The largest absolute Gasteiger partial charge is 0.331 e. The normalized spacial score (nSPS) is 10.2. The first kappa shape index (κ1) is 17.2. The van der Waals surface area contributed by atoms with Crippen LogP contribution in [0.5, 0.6) is 0 Å². The zero-order valence-corrected chi connectivity index (χ0v) is 13.6. The molecule has 0 spiro atoms. The number of anilines is 1. The highest BCUT2D eigenvalue weighted by molar-refractivity contribution is 5.90. The Morgan fingerprint density at radius 2 is 2.04 bits per heavy atom. The van der Waals surface area contributed by atoms with Crippen LogP contribution in [0.25, 0.3) is 0 Å². The van der Waals surface area contributed by atoms with Crippen LogP contribution in [0.15, 0.2) is 40.1 Å². The van der Waals surface area contributed by atoms with Crippen molar-refractivity contribution >= 4 is 11.6 Å². The van der Waals surface area contributed by atoms with Gasteiger partial charge in [-0.15, -0.1) is 0 Å². The van der Waals surface area contributed by atoms with Gasteiger partial charge in [-0.3, -0.25) is 14.2 Å². The molecule has 0 fully saturated rings. The number of carbonyl (C=O) groups is 1. The van der Waals surface area contributed by atoms with Crippen molar-refractivity contribution in [1.82, 2.24) is 9.13 Å². The summed E-state index contributed by atoms with van der Waals surface area (Å²) >= 11 is 0. The van der Waals surface area contributed by atoms with Gasteiger partial charge < -0.3 is 5.32 Å². The minimum absolute atomic E-state index is 0.169. The summed E-state index contributed by atoms with van der Waals surface area (Å²) < 4.78 is 2.01. The molecule has 0 aliphatic carbocycles. The summed E-state index contributed by atoms with van der Waals surface area (Å²) in [7, 11) is 0. The van der Waals surface area contributed by atoms with Gasteiger partial charge in [-0.2, -0.15) is 5.26 Å². The van der Waals surface area contributed by atoms with Crippen LogP contribution in [0.4, 0.5) is 5.69 Å². The molecule has 1 aromatic heterocycles. The lowest BCUT2D eigenvalue weighted by molar-refractivity contribution is -0.116. The predicted octanol–water partition coefficient (Wildman–Crippen LogP) is 1.10. The molecule has 2 aromatic rings. The standard InChI is InChI=1S/C17H18N4O3/c1-3-12-6-5-7-14(8-12)19-15(22)11-21-16(23)13(9-18)10-20(4-2)17(21)24/h5-8,10H,3-4,11H2,1-2H3,(H,19,22). The number of amides is 1. The van der Waals surface area contributed by atoms with E-state index in [1.807, 2.05) is 25.1 Å². The van der Waals surface area contributed by atoms with Crippen molar-refractivity contribution in [3.8, 4) is 6.07 Å². The third-order valence-electron chi connectivity index (χ3n) is 3.62. The van der Waals surface area contributed by atoms with Crippen molar-refractivity contribution < 1.29 is 4.79 Å². The molecule has 0 saturated carbocycles. The Morgan fingerprint density at radius 3 is 2.67 bits per heavy atom. The van der Waals surface area contributed by atoms with Gasteiger partial charge in [0.1, 0.15) is 18.2 Å². The molecule has 7 heteroatoms. The second-order valence-electron chi connectivity index (χ2n) is 5.22. The van der Waals surface area contributed by atoms with Gasteiger partial charge in [-0.1, -0.05) is 19.1 Å². The Labute approximate surface area is 138 Å². The molecule has 0 unspecified atom stereocenters. The first-order valence-electron chi connectivity index (χ1n) is 7.63. The number of rotatable bonds is 5. The fraction of sp³-hybridized carbons (Fsp3) is 0.294. The van der Waals surface area contributed by atoms with E-state index in [4.69, 9.17) is 5.26 Å². The number of benzene rings is 1. The number of nitrogens with zero attached hydrogens (tertiary/aromatic N) is 3. The minimum Gasteiger partial charge on any atom is -0.325 e. The van der Waals surface area contributed by atoms with Crippen molar-refractivity contribution in [3.63, 3.8) is 0 Å². The van der Waals surface area contributed by atoms with Crippen LogP contribution < -0.4 is 16.6 Å². The molecule has 1 heterocycles. The molecular formula is C17H18N4O3. The Kier molecular flexibility index (Phi) is 5.32. The summed E-state index contributed by atoms with van der Waals surface area (Å²) in [5.41, 5.74) is 0.116. The summed E-state index contributed by atoms with van der Waals surface area (Å²) in [6.45, 7) is 3.58. The van der Waals surface area contributed by atoms with Crippen molar-refractivity contribution in [1.29, 1.82) is 5.26 Å².